The van der Waals surface area contributed by atoms with Crippen molar-refractivity contribution in [1.82, 2.24) is 9.80 Å². The van der Waals surface area contributed by atoms with E-state index in [9.17, 15) is 14.7 Å². The van der Waals surface area contributed by atoms with Crippen molar-refractivity contribution in [3.63, 3.8) is 0 Å². The fourth-order valence-corrected chi connectivity index (χ4v) is 3.83. The SMILES string of the molecule is CN(C)CC(=O)Nc1ccc2c(c1)[C@H]1C[C@H](CC(=O)N(C)C)O[C@@H](CO)[C@H]1O2. The van der Waals surface area contributed by atoms with Crippen LogP contribution < -0.4 is 10.1 Å². The van der Waals surface area contributed by atoms with Crippen LogP contribution in [0.2, 0.25) is 0 Å². The Morgan fingerprint density at radius 2 is 2.00 bits per heavy atom. The Hall–Kier alpha value is -2.16. The summed E-state index contributed by atoms with van der Waals surface area (Å²) in [4.78, 5) is 27.5. The van der Waals surface area contributed by atoms with E-state index in [4.69, 9.17) is 9.47 Å². The Bertz CT molecular complexity index is 737. The van der Waals surface area contributed by atoms with E-state index < -0.39 is 6.10 Å². The second kappa shape index (κ2) is 8.46. The van der Waals surface area contributed by atoms with Crippen molar-refractivity contribution in [2.45, 2.75) is 37.1 Å². The lowest BCUT2D eigenvalue weighted by Crippen LogP contribution is -2.47. The highest BCUT2D eigenvalue weighted by Gasteiger charge is 2.46. The van der Waals surface area contributed by atoms with Gasteiger partial charge in [-0.2, -0.15) is 0 Å². The van der Waals surface area contributed by atoms with Crippen LogP contribution in [0.15, 0.2) is 18.2 Å². The minimum absolute atomic E-state index is 0.00608. The Morgan fingerprint density at radius 1 is 1.25 bits per heavy atom. The van der Waals surface area contributed by atoms with Gasteiger partial charge >= 0.3 is 0 Å². The van der Waals surface area contributed by atoms with Crippen LogP contribution in [0.4, 0.5) is 5.69 Å². The van der Waals surface area contributed by atoms with Crippen molar-refractivity contribution in [2.75, 3.05) is 46.7 Å². The molecule has 2 N–H and O–H groups in total. The molecule has 1 saturated heterocycles. The number of amides is 2. The Morgan fingerprint density at radius 3 is 2.64 bits per heavy atom. The molecule has 1 fully saturated rings. The summed E-state index contributed by atoms with van der Waals surface area (Å²) in [5.41, 5.74) is 1.69. The summed E-state index contributed by atoms with van der Waals surface area (Å²) in [5, 5.41) is 12.7. The number of hydrogen-bond donors (Lipinski definition) is 2. The fourth-order valence-electron chi connectivity index (χ4n) is 3.83. The largest absolute Gasteiger partial charge is 0.487 e. The maximum Gasteiger partial charge on any atom is 0.238 e. The quantitative estimate of drug-likeness (QED) is 0.740. The molecule has 0 spiro atoms. The van der Waals surface area contributed by atoms with E-state index in [-0.39, 0.29) is 43.0 Å². The number of fused-ring (bicyclic) bond motifs is 3. The summed E-state index contributed by atoms with van der Waals surface area (Å²) in [6.07, 6.45) is -0.171. The molecule has 8 nitrogen and oxygen atoms in total. The molecule has 28 heavy (non-hydrogen) atoms. The summed E-state index contributed by atoms with van der Waals surface area (Å²) in [5.74, 6) is 0.646. The van der Waals surface area contributed by atoms with Gasteiger partial charge in [-0.25, -0.2) is 0 Å². The molecule has 0 bridgehead atoms. The smallest absolute Gasteiger partial charge is 0.238 e. The van der Waals surface area contributed by atoms with Crippen LogP contribution in [0.1, 0.15) is 24.3 Å². The summed E-state index contributed by atoms with van der Waals surface area (Å²) < 4.78 is 12.0. The Kier molecular flexibility index (Phi) is 6.22. The zero-order valence-electron chi connectivity index (χ0n) is 16.8. The molecular formula is C20H29N3O5. The van der Waals surface area contributed by atoms with Gasteiger partial charge in [0.2, 0.25) is 11.8 Å². The van der Waals surface area contributed by atoms with Crippen LogP contribution >= 0.6 is 0 Å². The standard InChI is InChI=1S/C20H29N3O5/c1-22(2)10-18(25)21-12-5-6-16-14(7-12)15-8-13(9-19(26)23(3)4)27-17(11-24)20(15)28-16/h5-7,13,15,17,20,24H,8-11H2,1-4H3,(H,21,25)/t13-,15-,17+,20+/m1/s1. The minimum atomic E-state index is -0.488. The number of carbonyl (C=O) groups excluding carboxylic acids is 2. The highest BCUT2D eigenvalue weighted by Crippen LogP contribution is 2.47. The number of benzene rings is 1. The molecule has 0 aliphatic carbocycles. The van der Waals surface area contributed by atoms with Crippen molar-refractivity contribution in [3.8, 4) is 5.75 Å². The zero-order valence-corrected chi connectivity index (χ0v) is 16.8. The number of likely N-dealkylation sites (N-methyl/N-ethyl adjacent to an activating group) is 1. The normalized spacial score (nSPS) is 25.6. The predicted molar refractivity (Wildman–Crippen MR) is 104 cm³/mol. The average molecular weight is 391 g/mol. The highest BCUT2D eigenvalue weighted by molar-refractivity contribution is 5.92. The van der Waals surface area contributed by atoms with Gasteiger partial charge in [0.15, 0.2) is 0 Å². The Labute approximate surface area is 165 Å². The summed E-state index contributed by atoms with van der Waals surface area (Å²) in [6, 6.07) is 5.58. The average Bonchev–Trinajstić information content (AvgIpc) is 2.98. The third-order valence-corrected chi connectivity index (χ3v) is 5.14. The first-order valence-electron chi connectivity index (χ1n) is 9.50. The molecule has 4 atom stereocenters. The number of rotatable bonds is 6. The van der Waals surface area contributed by atoms with Crippen molar-refractivity contribution < 1.29 is 24.2 Å². The molecule has 0 radical (unpaired) electrons. The van der Waals surface area contributed by atoms with Gasteiger partial charge in [0, 0.05) is 31.3 Å². The van der Waals surface area contributed by atoms with Crippen LogP contribution in [-0.2, 0) is 14.3 Å². The van der Waals surface area contributed by atoms with Crippen molar-refractivity contribution in [2.24, 2.45) is 0 Å². The number of hydrogen-bond acceptors (Lipinski definition) is 6. The van der Waals surface area contributed by atoms with E-state index in [1.807, 2.05) is 32.3 Å². The molecule has 8 heteroatoms. The van der Waals surface area contributed by atoms with Gasteiger partial charge in [-0.3, -0.25) is 9.59 Å². The second-order valence-electron chi connectivity index (χ2n) is 7.93. The number of carbonyl (C=O) groups is 2. The van der Waals surface area contributed by atoms with Gasteiger partial charge in [-0.15, -0.1) is 0 Å². The van der Waals surface area contributed by atoms with Crippen LogP contribution in [0.5, 0.6) is 5.75 Å². The van der Waals surface area contributed by atoms with Gasteiger partial charge < -0.3 is 29.7 Å². The fraction of sp³-hybridized carbons (Fsp3) is 0.600. The van der Waals surface area contributed by atoms with Crippen molar-refractivity contribution >= 4 is 17.5 Å². The van der Waals surface area contributed by atoms with Gasteiger partial charge in [-0.1, -0.05) is 0 Å². The predicted octanol–water partition coefficient (Wildman–Crippen LogP) is 0.659. The number of anilines is 1. The van der Waals surface area contributed by atoms with Gasteiger partial charge in [-0.05, 0) is 38.7 Å². The topological polar surface area (TPSA) is 91.3 Å². The molecule has 0 saturated carbocycles. The number of aliphatic hydroxyl groups is 1. The van der Waals surface area contributed by atoms with E-state index in [0.717, 1.165) is 11.3 Å². The van der Waals surface area contributed by atoms with Crippen LogP contribution in [0.25, 0.3) is 0 Å². The number of aliphatic hydroxyl groups excluding tert-OH is 1. The monoisotopic (exact) mass is 391 g/mol. The zero-order chi connectivity index (χ0) is 20.4. The summed E-state index contributed by atoms with van der Waals surface area (Å²) in [7, 11) is 7.11. The molecule has 1 aromatic carbocycles. The molecule has 2 amide bonds. The molecular weight excluding hydrogens is 362 g/mol. The lowest BCUT2D eigenvalue weighted by molar-refractivity contribution is -0.147. The molecule has 2 aliphatic heterocycles. The number of nitrogens with one attached hydrogen (secondary N) is 1. The maximum absolute atomic E-state index is 12.1. The molecule has 154 valence electrons. The first kappa shape index (κ1) is 20.6. The van der Waals surface area contributed by atoms with Crippen molar-refractivity contribution in [1.29, 1.82) is 0 Å². The summed E-state index contributed by atoms with van der Waals surface area (Å²) >= 11 is 0. The van der Waals surface area contributed by atoms with Crippen LogP contribution in [0.3, 0.4) is 0 Å². The lowest BCUT2D eigenvalue weighted by atomic mass is 9.84. The minimum Gasteiger partial charge on any atom is -0.487 e. The Balaban J connectivity index is 1.78. The van der Waals surface area contributed by atoms with E-state index in [2.05, 4.69) is 5.32 Å². The van der Waals surface area contributed by atoms with Gasteiger partial charge in [0.25, 0.3) is 0 Å². The molecule has 0 unspecified atom stereocenters. The van der Waals surface area contributed by atoms with E-state index in [1.54, 1.807) is 23.9 Å². The third kappa shape index (κ3) is 4.45. The van der Waals surface area contributed by atoms with Crippen LogP contribution in [0, 0.1) is 0 Å². The van der Waals surface area contributed by atoms with E-state index >= 15 is 0 Å². The van der Waals surface area contributed by atoms with Gasteiger partial charge in [0.1, 0.15) is 18.0 Å². The van der Waals surface area contributed by atoms with Crippen LogP contribution in [-0.4, -0.2) is 86.4 Å². The first-order valence-corrected chi connectivity index (χ1v) is 9.50. The van der Waals surface area contributed by atoms with Gasteiger partial charge in [0.05, 0.1) is 25.7 Å². The maximum atomic E-state index is 12.1. The van der Waals surface area contributed by atoms with Crippen molar-refractivity contribution in [3.05, 3.63) is 23.8 Å². The number of nitrogens with zero attached hydrogens (tertiary/aromatic N) is 2. The molecule has 2 aliphatic rings. The first-order chi connectivity index (χ1) is 13.3. The molecule has 1 aromatic rings. The van der Waals surface area contributed by atoms with E-state index in [0.29, 0.717) is 18.7 Å². The second-order valence-corrected chi connectivity index (χ2v) is 7.93. The highest BCUT2D eigenvalue weighted by atomic mass is 16.6. The number of ether oxygens (including phenoxy) is 2. The summed E-state index contributed by atoms with van der Waals surface area (Å²) in [6.45, 7) is 0.128. The molecule has 3 rings (SSSR count). The molecule has 0 aromatic heterocycles. The lowest BCUT2D eigenvalue weighted by Gasteiger charge is -2.37. The third-order valence-electron chi connectivity index (χ3n) is 5.14. The molecule has 2 heterocycles. The van der Waals surface area contributed by atoms with E-state index in [1.165, 1.54) is 0 Å².